The van der Waals surface area contributed by atoms with Crippen molar-refractivity contribution < 1.29 is 0 Å². The van der Waals surface area contributed by atoms with Gasteiger partial charge in [0, 0.05) is 34.8 Å². The van der Waals surface area contributed by atoms with Crippen LogP contribution in [0, 0.1) is 0 Å². The summed E-state index contributed by atoms with van der Waals surface area (Å²) in [7, 11) is 0. The molecule has 1 aliphatic carbocycles. The number of aromatic nitrogens is 3. The molecule has 1 aliphatic heterocycles. The largest absolute Gasteiger partial charge is 0.252 e. The highest BCUT2D eigenvalue weighted by molar-refractivity contribution is 6.05. The number of hydrogen-bond acceptors (Lipinski definition) is 4. The summed E-state index contributed by atoms with van der Waals surface area (Å²) in [6.45, 7) is 0. The number of nitrogens with zero attached hydrogens (tertiary/aromatic N) is 4. The molecule has 0 amide bonds. The Morgan fingerprint density at radius 2 is 0.944 bits per heavy atom. The van der Waals surface area contributed by atoms with Gasteiger partial charge in [0.15, 0.2) is 17.5 Å². The molecule has 0 radical (unpaired) electrons. The van der Waals surface area contributed by atoms with Gasteiger partial charge in [0.05, 0.1) is 5.70 Å². The number of rotatable bonds is 8. The molecule has 0 spiro atoms. The topological polar surface area (TPSA) is 51.0 Å². The first-order chi connectivity index (χ1) is 26.7. The molecule has 2 aliphatic rings. The summed E-state index contributed by atoms with van der Waals surface area (Å²) in [4.78, 5) is 20.3. The second-order valence-corrected chi connectivity index (χ2v) is 13.8. The van der Waals surface area contributed by atoms with E-state index in [1.807, 2.05) is 18.2 Å². The van der Waals surface area contributed by atoms with Crippen molar-refractivity contribution >= 4 is 17.0 Å². The van der Waals surface area contributed by atoms with Crippen molar-refractivity contribution in [3.63, 3.8) is 0 Å². The van der Waals surface area contributed by atoms with Gasteiger partial charge in [-0.2, -0.15) is 0 Å². The number of aliphatic imine (C=N–C) groups is 1. The molecule has 1 atom stereocenters. The third-order valence-corrected chi connectivity index (χ3v) is 10.1. The van der Waals surface area contributed by atoms with Gasteiger partial charge in [-0.3, -0.25) is 4.99 Å². The minimum absolute atomic E-state index is 0.191. The van der Waals surface area contributed by atoms with E-state index in [1.54, 1.807) is 0 Å². The maximum Gasteiger partial charge on any atom is 0.164 e. The van der Waals surface area contributed by atoms with E-state index >= 15 is 0 Å². The van der Waals surface area contributed by atoms with Crippen LogP contribution < -0.4 is 0 Å². The lowest BCUT2D eigenvalue weighted by Gasteiger charge is -2.22. The summed E-state index contributed by atoms with van der Waals surface area (Å²) in [5.74, 6) is 2.21. The van der Waals surface area contributed by atoms with Gasteiger partial charge in [0.1, 0.15) is 0 Å². The Kier molecular flexibility index (Phi) is 9.23. The zero-order chi connectivity index (χ0) is 36.1. The molecule has 258 valence electrons. The third kappa shape index (κ3) is 7.15. The Morgan fingerprint density at radius 3 is 1.56 bits per heavy atom. The predicted molar refractivity (Wildman–Crippen MR) is 223 cm³/mol. The van der Waals surface area contributed by atoms with Crippen molar-refractivity contribution in [3.05, 3.63) is 211 Å². The zero-order valence-corrected chi connectivity index (χ0v) is 29.9. The van der Waals surface area contributed by atoms with Crippen LogP contribution in [0.2, 0.25) is 0 Å². The lowest BCUT2D eigenvalue weighted by atomic mass is 9.86. The minimum Gasteiger partial charge on any atom is -0.252 e. The van der Waals surface area contributed by atoms with Crippen LogP contribution in [0.15, 0.2) is 193 Å². The highest BCUT2D eigenvalue weighted by atomic mass is 15.0. The molecule has 0 saturated heterocycles. The Labute approximate surface area is 316 Å². The zero-order valence-electron chi connectivity index (χ0n) is 29.9. The van der Waals surface area contributed by atoms with Crippen LogP contribution in [0.4, 0.5) is 0 Å². The molecule has 54 heavy (non-hydrogen) atoms. The monoisotopic (exact) mass is 694 g/mol. The highest BCUT2D eigenvalue weighted by Gasteiger charge is 2.21. The fourth-order valence-electron chi connectivity index (χ4n) is 7.26. The van der Waals surface area contributed by atoms with Crippen LogP contribution in [0.3, 0.4) is 0 Å². The first-order valence-electron chi connectivity index (χ1n) is 18.6. The first kappa shape index (κ1) is 33.1. The first-order valence-corrected chi connectivity index (χ1v) is 18.6. The smallest absolute Gasteiger partial charge is 0.164 e. The van der Waals surface area contributed by atoms with Gasteiger partial charge < -0.3 is 0 Å². The molecule has 2 heterocycles. The quantitative estimate of drug-likeness (QED) is 0.159. The minimum atomic E-state index is 0.191. The van der Waals surface area contributed by atoms with Gasteiger partial charge in [0.25, 0.3) is 0 Å². The van der Waals surface area contributed by atoms with E-state index in [1.165, 1.54) is 11.1 Å². The van der Waals surface area contributed by atoms with Crippen molar-refractivity contribution in [3.8, 4) is 45.0 Å². The second-order valence-electron chi connectivity index (χ2n) is 13.8. The SMILES string of the molecule is C1=CC(c2nc(-c3ccccc3)nc(-c3cc(-c4ccccc4)cc(-c4ccc(C5C=C(c6ccccc6)N=C(c6ccccc6)C5)cc4)c3)n2)=CCC1. The van der Waals surface area contributed by atoms with Crippen molar-refractivity contribution in [1.29, 1.82) is 0 Å². The van der Waals surface area contributed by atoms with E-state index in [0.717, 1.165) is 75.2 Å². The van der Waals surface area contributed by atoms with Crippen LogP contribution >= 0.6 is 0 Å². The van der Waals surface area contributed by atoms with Crippen LogP contribution in [-0.2, 0) is 0 Å². The summed E-state index contributed by atoms with van der Waals surface area (Å²) in [5.41, 5.74) is 13.1. The molecule has 1 unspecified atom stereocenters. The highest BCUT2D eigenvalue weighted by Crippen LogP contribution is 2.37. The van der Waals surface area contributed by atoms with Gasteiger partial charge in [-0.1, -0.05) is 170 Å². The molecule has 9 rings (SSSR count). The van der Waals surface area contributed by atoms with E-state index < -0.39 is 0 Å². The maximum atomic E-state index is 5.16. The van der Waals surface area contributed by atoms with E-state index in [9.17, 15) is 0 Å². The molecular weight excluding hydrogens is 657 g/mol. The summed E-state index contributed by atoms with van der Waals surface area (Å²) >= 11 is 0. The van der Waals surface area contributed by atoms with Crippen LogP contribution in [0.1, 0.15) is 47.7 Å². The van der Waals surface area contributed by atoms with E-state index in [2.05, 4.69) is 170 Å². The number of allylic oxidation sites excluding steroid dienone is 5. The van der Waals surface area contributed by atoms with E-state index in [4.69, 9.17) is 19.9 Å². The standard InChI is InChI=1S/C50H38N4/c1-6-16-35(17-7-1)42-30-43(32-45(31-42)50-53-48(40-22-12-4-13-23-40)52-49(54-50)41-24-14-5-15-25-41)36-26-28-37(29-27-36)44-33-46(38-18-8-2-9-19-38)51-47(34-44)39-20-10-3-11-21-39/h1-4,6-14,16-33,44H,5,15,34H2. The van der Waals surface area contributed by atoms with E-state index in [0.29, 0.717) is 17.5 Å². The average molecular weight is 695 g/mol. The van der Waals surface area contributed by atoms with Crippen molar-refractivity contribution in [2.45, 2.75) is 25.2 Å². The third-order valence-electron chi connectivity index (χ3n) is 10.1. The van der Waals surface area contributed by atoms with Crippen LogP contribution in [-0.4, -0.2) is 20.7 Å². The molecule has 6 aromatic carbocycles. The Bertz CT molecular complexity index is 2530. The molecule has 4 nitrogen and oxygen atoms in total. The van der Waals surface area contributed by atoms with Gasteiger partial charge >= 0.3 is 0 Å². The van der Waals surface area contributed by atoms with Gasteiger partial charge in [-0.05, 0) is 70.0 Å². The van der Waals surface area contributed by atoms with Crippen molar-refractivity contribution in [2.24, 2.45) is 4.99 Å². The second kappa shape index (κ2) is 15.1. The van der Waals surface area contributed by atoms with Gasteiger partial charge in [-0.25, -0.2) is 15.0 Å². The Morgan fingerprint density at radius 1 is 0.426 bits per heavy atom. The fraction of sp³-hybridized carbons (Fsp3) is 0.0800. The normalized spacial score (nSPS) is 15.3. The molecule has 0 bridgehead atoms. The average Bonchev–Trinajstić information content (AvgIpc) is 3.27. The molecule has 1 aromatic heterocycles. The van der Waals surface area contributed by atoms with Crippen LogP contribution in [0.5, 0.6) is 0 Å². The van der Waals surface area contributed by atoms with Gasteiger partial charge in [0.2, 0.25) is 0 Å². The summed E-state index contributed by atoms with van der Waals surface area (Å²) in [5, 5.41) is 0. The van der Waals surface area contributed by atoms with Gasteiger partial charge in [-0.15, -0.1) is 0 Å². The number of hydrogen-bond donors (Lipinski definition) is 0. The summed E-state index contributed by atoms with van der Waals surface area (Å²) in [6.07, 6.45) is 11.7. The Balaban J connectivity index is 1.12. The number of benzene rings is 6. The van der Waals surface area contributed by atoms with Crippen LogP contribution in [0.25, 0.3) is 56.3 Å². The molecule has 0 saturated carbocycles. The lowest BCUT2D eigenvalue weighted by molar-refractivity contribution is 0.880. The molecule has 4 heteroatoms. The summed E-state index contributed by atoms with van der Waals surface area (Å²) in [6, 6.07) is 57.5. The van der Waals surface area contributed by atoms with Crippen molar-refractivity contribution in [1.82, 2.24) is 15.0 Å². The van der Waals surface area contributed by atoms with Crippen molar-refractivity contribution in [2.75, 3.05) is 0 Å². The molecule has 0 fully saturated rings. The predicted octanol–water partition coefficient (Wildman–Crippen LogP) is 12.3. The molecular formula is C50H38N4. The fourth-order valence-corrected chi connectivity index (χ4v) is 7.26. The lowest BCUT2D eigenvalue weighted by Crippen LogP contribution is -2.12. The summed E-state index contributed by atoms with van der Waals surface area (Å²) < 4.78 is 0. The molecule has 0 N–H and O–H groups in total. The Hall–Kier alpha value is -6.78. The maximum absolute atomic E-state index is 5.16. The van der Waals surface area contributed by atoms with E-state index in [-0.39, 0.29) is 5.92 Å². The molecule has 7 aromatic rings.